The van der Waals surface area contributed by atoms with E-state index in [1.54, 1.807) is 32.0 Å². The Balaban J connectivity index is 1.27. The number of carbonyl (C=O) groups is 2. The number of hydrogen-bond acceptors (Lipinski definition) is 8. The lowest BCUT2D eigenvalue weighted by Crippen LogP contribution is -2.49. The van der Waals surface area contributed by atoms with Gasteiger partial charge in [-0.1, -0.05) is 36.7 Å². The molecule has 3 aliphatic heterocycles. The van der Waals surface area contributed by atoms with Gasteiger partial charge in [0.1, 0.15) is 12.4 Å². The number of hydrogen-bond donors (Lipinski definition) is 1. The lowest BCUT2D eigenvalue weighted by atomic mass is 9.70. The van der Waals surface area contributed by atoms with Crippen LogP contribution in [-0.2, 0) is 32.6 Å². The third-order valence-corrected chi connectivity index (χ3v) is 13.6. The van der Waals surface area contributed by atoms with Gasteiger partial charge in [-0.2, -0.15) is 0 Å². The Hall–Kier alpha value is -3.12. The Bertz CT molecular complexity index is 1690. The molecule has 4 aliphatic rings. The molecule has 0 radical (unpaired) electrons. The first-order valence-corrected chi connectivity index (χ1v) is 20.5. The van der Waals surface area contributed by atoms with Crippen LogP contribution in [0.25, 0.3) is 0 Å². The predicted octanol–water partition coefficient (Wildman–Crippen LogP) is 5.68. The van der Waals surface area contributed by atoms with Gasteiger partial charge in [0, 0.05) is 63.3 Å². The van der Waals surface area contributed by atoms with Gasteiger partial charge in [0.15, 0.2) is 0 Å². The second-order valence-electron chi connectivity index (χ2n) is 14.8. The van der Waals surface area contributed by atoms with Crippen LogP contribution in [0.15, 0.2) is 48.6 Å². The maximum Gasteiger partial charge on any atom is 0.264 e. The van der Waals surface area contributed by atoms with Gasteiger partial charge in [-0.3, -0.25) is 14.5 Å². The lowest BCUT2D eigenvalue weighted by Gasteiger charge is -2.44. The quantitative estimate of drug-likeness (QED) is 0.399. The van der Waals surface area contributed by atoms with Gasteiger partial charge in [0.25, 0.3) is 5.91 Å². The minimum atomic E-state index is -3.94. The van der Waals surface area contributed by atoms with E-state index in [0.717, 1.165) is 89.2 Å². The summed E-state index contributed by atoms with van der Waals surface area (Å²) in [6.07, 6.45) is 9.59. The second kappa shape index (κ2) is 16.7. The molecule has 0 unspecified atom stereocenters. The summed E-state index contributed by atoms with van der Waals surface area (Å²) in [6.45, 7) is 11.6. The third kappa shape index (κ3) is 9.28. The number of anilines is 1. The molecule has 1 aliphatic carbocycles. The molecule has 1 saturated heterocycles. The standard InChI is InChI=1S/C39H53ClN4O6S/c1-27-7-6-9-37(49-22-21-42-17-19-43(20-18-42)29(3)45)35-14-11-32(35)25-44-16-5-4-8-30-23-34(40)13-10-33(30)26-50-38-15-12-31(24-36(38)44)39(46)41-51(47,48)28(27)2/h6,9-10,12-13,15,23-24,27-28,32,35,37H,4-5,7-8,11,14,16-22,25-26H2,1-3H3,(H,41,46)/b9-6+/t27-,28+,32-,35+,37-/m0/s1. The van der Waals surface area contributed by atoms with E-state index in [2.05, 4.69) is 26.7 Å². The Morgan fingerprint density at radius 2 is 1.82 bits per heavy atom. The number of rotatable bonds is 4. The summed E-state index contributed by atoms with van der Waals surface area (Å²) in [4.78, 5) is 31.9. The van der Waals surface area contributed by atoms with Crippen LogP contribution in [0.1, 0.15) is 74.4 Å². The Morgan fingerprint density at radius 1 is 1.02 bits per heavy atom. The van der Waals surface area contributed by atoms with Crippen molar-refractivity contribution in [2.24, 2.45) is 17.8 Å². The maximum absolute atomic E-state index is 13.5. The zero-order valence-corrected chi connectivity index (χ0v) is 31.8. The third-order valence-electron chi connectivity index (χ3n) is 11.5. The van der Waals surface area contributed by atoms with Crippen LogP contribution in [0.5, 0.6) is 5.75 Å². The first-order chi connectivity index (χ1) is 24.5. The van der Waals surface area contributed by atoms with Crippen LogP contribution in [0.4, 0.5) is 5.69 Å². The van der Waals surface area contributed by atoms with Crippen LogP contribution in [0.3, 0.4) is 0 Å². The summed E-state index contributed by atoms with van der Waals surface area (Å²) in [6, 6.07) is 11.2. The van der Waals surface area contributed by atoms with Crippen molar-refractivity contribution in [3.63, 3.8) is 0 Å². The molecule has 2 fully saturated rings. The number of piperazine rings is 1. The van der Waals surface area contributed by atoms with Crippen molar-refractivity contribution in [1.29, 1.82) is 0 Å². The van der Waals surface area contributed by atoms with Crippen molar-refractivity contribution in [2.75, 3.05) is 57.3 Å². The number of carbonyl (C=O) groups excluding carboxylic acids is 2. The molecule has 1 saturated carbocycles. The minimum Gasteiger partial charge on any atom is -0.487 e. The smallest absolute Gasteiger partial charge is 0.264 e. The number of allylic oxidation sites excluding steroid dienone is 1. The van der Waals surface area contributed by atoms with Gasteiger partial charge in [0.05, 0.1) is 23.6 Å². The van der Waals surface area contributed by atoms with Crippen molar-refractivity contribution in [2.45, 2.75) is 77.3 Å². The number of fused-ring (bicyclic) bond motifs is 3. The zero-order valence-electron chi connectivity index (χ0n) is 30.2. The van der Waals surface area contributed by atoms with Gasteiger partial charge in [-0.15, -0.1) is 0 Å². The molecule has 0 spiro atoms. The van der Waals surface area contributed by atoms with Crippen molar-refractivity contribution in [3.8, 4) is 5.75 Å². The van der Waals surface area contributed by atoms with Gasteiger partial charge in [0.2, 0.25) is 15.9 Å². The molecule has 2 aromatic rings. The summed E-state index contributed by atoms with van der Waals surface area (Å²) < 4.78 is 42.4. The summed E-state index contributed by atoms with van der Waals surface area (Å²) >= 11 is 6.37. The van der Waals surface area contributed by atoms with E-state index in [1.165, 1.54) is 5.56 Å². The second-order valence-corrected chi connectivity index (χ2v) is 17.3. The Morgan fingerprint density at radius 3 is 2.57 bits per heavy atom. The van der Waals surface area contributed by atoms with Crippen LogP contribution in [-0.4, -0.2) is 93.8 Å². The highest BCUT2D eigenvalue weighted by molar-refractivity contribution is 7.90. The van der Waals surface area contributed by atoms with Crippen molar-refractivity contribution >= 4 is 39.1 Å². The van der Waals surface area contributed by atoms with Crippen molar-refractivity contribution in [1.82, 2.24) is 14.5 Å². The number of sulfonamides is 1. The Labute approximate surface area is 308 Å². The van der Waals surface area contributed by atoms with E-state index in [-0.39, 0.29) is 23.5 Å². The topological polar surface area (TPSA) is 108 Å². The fourth-order valence-corrected chi connectivity index (χ4v) is 9.23. The summed E-state index contributed by atoms with van der Waals surface area (Å²) in [7, 11) is -3.94. The number of nitrogens with one attached hydrogen (secondary N) is 1. The highest BCUT2D eigenvalue weighted by Crippen LogP contribution is 2.42. The molecule has 12 heteroatoms. The molecule has 10 nitrogen and oxygen atoms in total. The van der Waals surface area contributed by atoms with Crippen molar-refractivity contribution < 1.29 is 27.5 Å². The van der Waals surface area contributed by atoms with E-state index in [4.69, 9.17) is 21.1 Å². The lowest BCUT2D eigenvalue weighted by molar-refractivity contribution is -0.130. The predicted molar refractivity (Wildman–Crippen MR) is 201 cm³/mol. The summed E-state index contributed by atoms with van der Waals surface area (Å²) in [5.74, 6) is 0.610. The number of nitrogens with zero attached hydrogens (tertiary/aromatic N) is 3. The van der Waals surface area contributed by atoms with Crippen LogP contribution < -0.4 is 14.4 Å². The molecular formula is C39H53ClN4O6S. The number of ether oxygens (including phenoxy) is 2. The molecule has 2 bridgehead atoms. The van der Waals surface area contributed by atoms with Gasteiger partial charge >= 0.3 is 0 Å². The molecule has 0 aromatic heterocycles. The molecule has 2 aromatic carbocycles. The number of amides is 2. The van der Waals surface area contributed by atoms with Crippen LogP contribution >= 0.6 is 11.6 Å². The van der Waals surface area contributed by atoms with Crippen LogP contribution in [0.2, 0.25) is 5.02 Å². The first-order valence-electron chi connectivity index (χ1n) is 18.6. The zero-order chi connectivity index (χ0) is 36.1. The summed E-state index contributed by atoms with van der Waals surface area (Å²) in [5.41, 5.74) is 3.35. The molecule has 1 N–H and O–H groups in total. The Kier molecular flexibility index (Phi) is 12.3. The van der Waals surface area contributed by atoms with Crippen molar-refractivity contribution in [3.05, 3.63) is 70.3 Å². The molecule has 5 atom stereocenters. The van der Waals surface area contributed by atoms with Gasteiger partial charge in [-0.25, -0.2) is 13.1 Å². The van der Waals surface area contributed by atoms with Gasteiger partial charge in [-0.05, 0) is 105 Å². The molecule has 2 amide bonds. The van der Waals surface area contributed by atoms with Crippen LogP contribution in [0, 0.1) is 17.8 Å². The highest BCUT2D eigenvalue weighted by Gasteiger charge is 2.38. The molecule has 3 heterocycles. The molecule has 278 valence electrons. The fraction of sp³-hybridized carbons (Fsp3) is 0.590. The average Bonchev–Trinajstić information content (AvgIpc) is 3.12. The van der Waals surface area contributed by atoms with E-state index < -0.39 is 21.2 Å². The number of benzene rings is 2. The normalized spacial score (nSPS) is 28.2. The van der Waals surface area contributed by atoms with E-state index in [0.29, 0.717) is 42.2 Å². The minimum absolute atomic E-state index is 0.0979. The fourth-order valence-electron chi connectivity index (χ4n) is 7.75. The monoisotopic (exact) mass is 740 g/mol. The maximum atomic E-state index is 13.5. The largest absolute Gasteiger partial charge is 0.487 e. The molecular weight excluding hydrogens is 688 g/mol. The molecule has 51 heavy (non-hydrogen) atoms. The number of aryl methyl sites for hydroxylation is 1. The number of halogens is 1. The average molecular weight is 741 g/mol. The summed E-state index contributed by atoms with van der Waals surface area (Å²) in [5, 5.41) is -0.0708. The SMILES string of the molecule is CC(=O)N1CCN(CCO[C@H]2/C=C/C[C@H](C)[C@@H](C)S(=O)(=O)NC(=O)c3ccc4c(c3)N(CCCCc3cc(Cl)ccc3CO4)C[C@@H]3CC[C@H]32)CC1. The van der Waals surface area contributed by atoms with E-state index in [9.17, 15) is 18.0 Å². The van der Waals surface area contributed by atoms with Gasteiger partial charge < -0.3 is 19.3 Å². The first kappa shape index (κ1) is 37.6. The van der Waals surface area contributed by atoms with E-state index >= 15 is 0 Å². The molecule has 6 rings (SSSR count). The van der Waals surface area contributed by atoms with E-state index in [1.807, 2.05) is 30.0 Å². The highest BCUT2D eigenvalue weighted by atomic mass is 35.5.